The van der Waals surface area contributed by atoms with E-state index >= 15 is 0 Å². The van der Waals surface area contributed by atoms with Gasteiger partial charge in [0.05, 0.1) is 30.2 Å². The maximum Gasteiger partial charge on any atom is 0.270 e. The molecule has 1 fully saturated rings. The van der Waals surface area contributed by atoms with E-state index < -0.39 is 12.1 Å². The van der Waals surface area contributed by atoms with Gasteiger partial charge >= 0.3 is 0 Å². The molecule has 2 aromatic heterocycles. The highest BCUT2D eigenvalue weighted by molar-refractivity contribution is 7.13. The topological polar surface area (TPSA) is 94.1 Å². The van der Waals surface area contributed by atoms with Crippen LogP contribution in [0, 0.1) is 6.92 Å². The number of nitrogens with two attached hydrogens (primary N) is 1. The summed E-state index contributed by atoms with van der Waals surface area (Å²) in [6.07, 6.45) is 0.581. The van der Waals surface area contributed by atoms with E-state index in [4.69, 9.17) is 5.73 Å². The zero-order chi connectivity index (χ0) is 16.6. The Labute approximate surface area is 135 Å². The van der Waals surface area contributed by atoms with Crippen molar-refractivity contribution in [2.24, 2.45) is 5.73 Å². The van der Waals surface area contributed by atoms with Gasteiger partial charge in [-0.25, -0.2) is 9.07 Å². The number of primary amides is 1. The molecule has 2 amide bonds. The first-order valence-corrected chi connectivity index (χ1v) is 7.97. The number of carbonyl (C=O) groups is 2. The summed E-state index contributed by atoms with van der Waals surface area (Å²) in [7, 11) is 0. The second kappa shape index (κ2) is 6.07. The maximum absolute atomic E-state index is 13.8. The lowest BCUT2D eigenvalue weighted by Crippen LogP contribution is -2.38. The maximum atomic E-state index is 13.8. The highest BCUT2D eigenvalue weighted by Crippen LogP contribution is 2.26. The summed E-state index contributed by atoms with van der Waals surface area (Å²) in [6.45, 7) is 2.26. The summed E-state index contributed by atoms with van der Waals surface area (Å²) in [4.78, 5) is 26.8. The largest absolute Gasteiger partial charge is 0.364 e. The Kier molecular flexibility index (Phi) is 4.12. The molecule has 23 heavy (non-hydrogen) atoms. The lowest BCUT2D eigenvalue weighted by molar-refractivity contribution is 0.0719. The second-order valence-corrected chi connectivity index (χ2v) is 6.83. The first-order valence-electron chi connectivity index (χ1n) is 7.15. The molecule has 2 N–H and O–H groups in total. The number of halogens is 1. The van der Waals surface area contributed by atoms with Crippen molar-refractivity contribution in [3.63, 3.8) is 0 Å². The van der Waals surface area contributed by atoms with Crippen molar-refractivity contribution in [1.82, 2.24) is 19.9 Å². The van der Waals surface area contributed by atoms with Gasteiger partial charge in [0.1, 0.15) is 6.17 Å². The van der Waals surface area contributed by atoms with Gasteiger partial charge in [0, 0.05) is 11.3 Å². The van der Waals surface area contributed by atoms with Crippen molar-refractivity contribution in [3.05, 3.63) is 33.8 Å². The van der Waals surface area contributed by atoms with Gasteiger partial charge in [0.2, 0.25) is 0 Å². The van der Waals surface area contributed by atoms with E-state index in [9.17, 15) is 14.0 Å². The zero-order valence-corrected chi connectivity index (χ0v) is 13.3. The molecule has 1 saturated heterocycles. The summed E-state index contributed by atoms with van der Waals surface area (Å²) >= 11 is 1.39. The number of aryl methyl sites for hydroxylation is 1. The lowest BCUT2D eigenvalue weighted by Gasteiger charge is -2.23. The summed E-state index contributed by atoms with van der Waals surface area (Å²) in [5, 5.41) is 7.46. The Morgan fingerprint density at radius 2 is 2.26 bits per heavy atom. The van der Waals surface area contributed by atoms with Crippen LogP contribution in [-0.2, 0) is 6.54 Å². The number of alkyl halides is 1. The van der Waals surface area contributed by atoms with E-state index in [1.165, 1.54) is 27.1 Å². The molecule has 9 heteroatoms. The minimum absolute atomic E-state index is 0.0477. The number of amides is 2. The van der Waals surface area contributed by atoms with Crippen LogP contribution < -0.4 is 5.73 Å². The second-order valence-electron chi connectivity index (χ2n) is 5.54. The molecule has 0 aliphatic carbocycles. The quantitative estimate of drug-likeness (QED) is 0.900. The molecule has 2 atom stereocenters. The molecular formula is C14H16FN5O2S. The molecule has 0 aromatic carbocycles. The third-order valence-electron chi connectivity index (χ3n) is 3.76. The number of likely N-dealkylation sites (tertiary alicyclic amines) is 1. The van der Waals surface area contributed by atoms with Crippen molar-refractivity contribution in [2.45, 2.75) is 32.1 Å². The van der Waals surface area contributed by atoms with E-state index in [0.717, 1.165) is 4.88 Å². The first-order chi connectivity index (χ1) is 10.9. The summed E-state index contributed by atoms with van der Waals surface area (Å²) < 4.78 is 15.3. The zero-order valence-electron chi connectivity index (χ0n) is 12.5. The minimum Gasteiger partial charge on any atom is -0.364 e. The van der Waals surface area contributed by atoms with Gasteiger partial charge in [-0.05, 0) is 19.1 Å². The Balaban J connectivity index is 1.76. The van der Waals surface area contributed by atoms with Crippen molar-refractivity contribution in [1.29, 1.82) is 0 Å². The van der Waals surface area contributed by atoms with E-state index in [1.54, 1.807) is 6.07 Å². The number of rotatable bonds is 4. The highest BCUT2D eigenvalue weighted by Gasteiger charge is 2.36. The van der Waals surface area contributed by atoms with E-state index in [2.05, 4.69) is 10.3 Å². The van der Waals surface area contributed by atoms with E-state index in [0.29, 0.717) is 4.88 Å². The normalized spacial score (nSPS) is 20.9. The molecule has 0 unspecified atom stereocenters. The molecule has 3 heterocycles. The Morgan fingerprint density at radius 1 is 1.48 bits per heavy atom. The molecule has 7 nitrogen and oxygen atoms in total. The lowest BCUT2D eigenvalue weighted by atomic mass is 10.2. The number of aromatic nitrogens is 3. The van der Waals surface area contributed by atoms with Crippen molar-refractivity contribution < 1.29 is 14.0 Å². The fourth-order valence-corrected chi connectivity index (χ4v) is 3.51. The molecular weight excluding hydrogens is 321 g/mol. The van der Waals surface area contributed by atoms with Crippen LogP contribution in [0.15, 0.2) is 18.3 Å². The molecule has 0 radical (unpaired) electrons. The number of hydrogen-bond acceptors (Lipinski definition) is 5. The van der Waals surface area contributed by atoms with E-state index in [1.807, 2.05) is 13.0 Å². The smallest absolute Gasteiger partial charge is 0.270 e. The van der Waals surface area contributed by atoms with Crippen LogP contribution >= 0.6 is 11.3 Å². The molecule has 3 rings (SSSR count). The van der Waals surface area contributed by atoms with Crippen molar-refractivity contribution >= 4 is 23.2 Å². The molecule has 1 aliphatic rings. The summed E-state index contributed by atoms with van der Waals surface area (Å²) in [5.41, 5.74) is 5.18. The number of hydrogen-bond donors (Lipinski definition) is 1. The van der Waals surface area contributed by atoms with Crippen LogP contribution in [0.4, 0.5) is 4.39 Å². The Morgan fingerprint density at radius 3 is 2.87 bits per heavy atom. The van der Waals surface area contributed by atoms with Gasteiger partial charge in [0.15, 0.2) is 5.69 Å². The van der Waals surface area contributed by atoms with Crippen molar-refractivity contribution in [3.8, 4) is 0 Å². The monoisotopic (exact) mass is 337 g/mol. The average molecular weight is 337 g/mol. The minimum atomic E-state index is -1.07. The predicted molar refractivity (Wildman–Crippen MR) is 81.9 cm³/mol. The van der Waals surface area contributed by atoms with Crippen molar-refractivity contribution in [2.75, 3.05) is 6.54 Å². The van der Waals surface area contributed by atoms with Crippen LogP contribution in [0.3, 0.4) is 0 Å². The standard InChI is InChI=1S/C14H16FN5O2S/c1-8-2-3-12(23-8)14(22)20-5-9(15)4-10(20)6-19-7-11(13(16)21)17-18-19/h2-3,7,9-10H,4-6H2,1H3,(H2,16,21)/t9-,10-/m0/s1. The fourth-order valence-electron chi connectivity index (χ4n) is 2.69. The number of thiophene rings is 1. The van der Waals surface area contributed by atoms with Gasteiger partial charge in [0.25, 0.3) is 11.8 Å². The SMILES string of the molecule is Cc1ccc(C(=O)N2C[C@@H](F)C[C@H]2Cn2cc(C(N)=O)nn2)s1. The third-order valence-corrected chi connectivity index (χ3v) is 4.75. The van der Waals surface area contributed by atoms with Crippen LogP contribution in [-0.4, -0.2) is 50.5 Å². The van der Waals surface area contributed by atoms with Gasteiger partial charge in [-0.3, -0.25) is 9.59 Å². The van der Waals surface area contributed by atoms with Crippen LogP contribution in [0.2, 0.25) is 0 Å². The summed E-state index contributed by atoms with van der Waals surface area (Å²) in [6, 6.07) is 3.29. The Hall–Kier alpha value is -2.29. The number of nitrogens with zero attached hydrogens (tertiary/aromatic N) is 4. The van der Waals surface area contributed by atoms with Gasteiger partial charge in [-0.2, -0.15) is 0 Å². The van der Waals surface area contributed by atoms with E-state index in [-0.39, 0.29) is 37.2 Å². The van der Waals surface area contributed by atoms with Gasteiger partial charge in [-0.1, -0.05) is 5.21 Å². The molecule has 2 aromatic rings. The fraction of sp³-hybridized carbons (Fsp3) is 0.429. The molecule has 122 valence electrons. The Bertz CT molecular complexity index is 743. The van der Waals surface area contributed by atoms with Gasteiger partial charge < -0.3 is 10.6 Å². The molecule has 0 spiro atoms. The molecule has 0 bridgehead atoms. The van der Waals surface area contributed by atoms with Crippen LogP contribution in [0.5, 0.6) is 0 Å². The number of carbonyl (C=O) groups excluding carboxylic acids is 2. The molecule has 1 aliphatic heterocycles. The van der Waals surface area contributed by atoms with Crippen LogP contribution in [0.1, 0.15) is 31.5 Å². The first kappa shape index (κ1) is 15.6. The molecule has 0 saturated carbocycles. The highest BCUT2D eigenvalue weighted by atomic mass is 32.1. The van der Waals surface area contributed by atoms with Crippen LogP contribution in [0.25, 0.3) is 0 Å². The third kappa shape index (κ3) is 3.24. The predicted octanol–water partition coefficient (Wildman–Crippen LogP) is 1.000. The summed E-state index contributed by atoms with van der Waals surface area (Å²) in [5.74, 6) is -0.850. The van der Waals surface area contributed by atoms with Gasteiger partial charge in [-0.15, -0.1) is 16.4 Å². The average Bonchev–Trinajstić information content (AvgIpc) is 3.19.